The van der Waals surface area contributed by atoms with Crippen LogP contribution in [-0.2, 0) is 10.9 Å². The summed E-state index contributed by atoms with van der Waals surface area (Å²) < 4.78 is 49.2. The molecule has 1 aliphatic heterocycles. The number of alkyl halides is 3. The number of ether oxygens (including phenoxy) is 2. The number of nitrogens with one attached hydrogen (secondary N) is 1. The van der Waals surface area contributed by atoms with E-state index < -0.39 is 29.8 Å². The van der Waals surface area contributed by atoms with Gasteiger partial charge in [0.25, 0.3) is 0 Å². The normalized spacial score (nSPS) is 25.7. The highest BCUT2D eigenvalue weighted by atomic mass is 19.4. The van der Waals surface area contributed by atoms with E-state index in [2.05, 4.69) is 15.3 Å². The van der Waals surface area contributed by atoms with Crippen molar-refractivity contribution in [3.8, 4) is 5.88 Å². The van der Waals surface area contributed by atoms with E-state index in [4.69, 9.17) is 9.47 Å². The first-order valence-corrected chi connectivity index (χ1v) is 7.55. The molecule has 3 rings (SSSR count). The Morgan fingerprint density at radius 2 is 2.09 bits per heavy atom. The molecule has 2 N–H and O–H groups in total. The number of aliphatic hydroxyl groups excluding tert-OH is 1. The molecule has 0 radical (unpaired) electrons. The van der Waals surface area contributed by atoms with E-state index in [1.54, 1.807) is 0 Å². The molecule has 1 aliphatic carbocycles. The third-order valence-electron chi connectivity index (χ3n) is 3.92. The van der Waals surface area contributed by atoms with Crippen molar-refractivity contribution < 1.29 is 27.8 Å². The standard InChI is InChI=1S/C14H18F3N3O3/c15-14(16,17)11-5-18-13(19-8-2-1-3-9(21)4-8)20-12(11)23-10-6-22-7-10/h5,8-10,21H,1-4,6-7H2,(H,18,19,20). The van der Waals surface area contributed by atoms with E-state index in [1.807, 2.05) is 0 Å². The van der Waals surface area contributed by atoms with Crippen LogP contribution in [0.1, 0.15) is 31.2 Å². The third-order valence-corrected chi connectivity index (χ3v) is 3.92. The fourth-order valence-electron chi connectivity index (χ4n) is 2.64. The van der Waals surface area contributed by atoms with E-state index in [0.717, 1.165) is 25.5 Å². The van der Waals surface area contributed by atoms with Gasteiger partial charge in [-0.15, -0.1) is 0 Å². The van der Waals surface area contributed by atoms with Crippen LogP contribution in [0.15, 0.2) is 6.20 Å². The van der Waals surface area contributed by atoms with Crippen molar-refractivity contribution in [1.82, 2.24) is 9.97 Å². The molecule has 1 aromatic rings. The fourth-order valence-corrected chi connectivity index (χ4v) is 2.64. The maximum absolute atomic E-state index is 13.0. The van der Waals surface area contributed by atoms with E-state index in [-0.39, 0.29) is 25.2 Å². The zero-order chi connectivity index (χ0) is 16.4. The number of nitrogens with zero attached hydrogens (tertiary/aromatic N) is 2. The van der Waals surface area contributed by atoms with Crippen LogP contribution in [0, 0.1) is 0 Å². The van der Waals surface area contributed by atoms with Gasteiger partial charge >= 0.3 is 6.18 Å². The average molecular weight is 333 g/mol. The Hall–Kier alpha value is -1.61. The van der Waals surface area contributed by atoms with E-state index in [9.17, 15) is 18.3 Å². The lowest BCUT2D eigenvalue weighted by Gasteiger charge is -2.28. The Morgan fingerprint density at radius 3 is 2.70 bits per heavy atom. The highest BCUT2D eigenvalue weighted by Crippen LogP contribution is 2.36. The number of hydrogen-bond donors (Lipinski definition) is 2. The van der Waals surface area contributed by atoms with Gasteiger partial charge in [-0.1, -0.05) is 0 Å². The first kappa shape index (κ1) is 16.3. The highest BCUT2D eigenvalue weighted by molar-refractivity contribution is 5.36. The maximum Gasteiger partial charge on any atom is 0.423 e. The number of aliphatic hydroxyl groups is 1. The van der Waals surface area contributed by atoms with Crippen LogP contribution >= 0.6 is 0 Å². The van der Waals surface area contributed by atoms with Crippen LogP contribution in [0.5, 0.6) is 5.88 Å². The number of aromatic nitrogens is 2. The smallest absolute Gasteiger partial charge is 0.423 e. The van der Waals surface area contributed by atoms with Crippen LogP contribution in [0.2, 0.25) is 0 Å². The van der Waals surface area contributed by atoms with E-state index in [0.29, 0.717) is 6.42 Å². The molecule has 2 aliphatic rings. The number of rotatable bonds is 4. The summed E-state index contributed by atoms with van der Waals surface area (Å²) >= 11 is 0. The van der Waals surface area contributed by atoms with Crippen molar-refractivity contribution in [2.75, 3.05) is 18.5 Å². The van der Waals surface area contributed by atoms with Crippen LogP contribution in [0.3, 0.4) is 0 Å². The van der Waals surface area contributed by atoms with Gasteiger partial charge in [-0.2, -0.15) is 18.2 Å². The zero-order valence-corrected chi connectivity index (χ0v) is 12.3. The number of halogens is 3. The Kier molecular flexibility index (Phi) is 4.58. The minimum atomic E-state index is -4.58. The van der Waals surface area contributed by atoms with Gasteiger partial charge in [0.05, 0.1) is 19.3 Å². The molecular formula is C14H18F3N3O3. The summed E-state index contributed by atoms with van der Waals surface area (Å²) in [5, 5.41) is 12.6. The Balaban J connectivity index is 1.76. The second-order valence-corrected chi connectivity index (χ2v) is 5.85. The molecule has 0 bridgehead atoms. The molecule has 23 heavy (non-hydrogen) atoms. The summed E-state index contributed by atoms with van der Waals surface area (Å²) in [6.07, 6.45) is -1.76. The molecule has 0 aromatic carbocycles. The Morgan fingerprint density at radius 1 is 1.30 bits per heavy atom. The van der Waals surface area contributed by atoms with Crippen molar-refractivity contribution in [2.24, 2.45) is 0 Å². The summed E-state index contributed by atoms with van der Waals surface area (Å²) in [4.78, 5) is 7.62. The average Bonchev–Trinajstić information content (AvgIpc) is 2.42. The van der Waals surface area contributed by atoms with Gasteiger partial charge < -0.3 is 19.9 Å². The highest BCUT2D eigenvalue weighted by Gasteiger charge is 2.38. The number of hydrogen-bond acceptors (Lipinski definition) is 6. The molecule has 1 aromatic heterocycles. The lowest BCUT2D eigenvalue weighted by molar-refractivity contribution is -0.142. The molecule has 2 unspecified atom stereocenters. The Bertz CT molecular complexity index is 552. The minimum absolute atomic E-state index is 0.0598. The molecule has 2 heterocycles. The Labute approximate surface area is 131 Å². The van der Waals surface area contributed by atoms with Gasteiger partial charge in [-0.05, 0) is 25.7 Å². The van der Waals surface area contributed by atoms with Crippen molar-refractivity contribution in [3.63, 3.8) is 0 Å². The van der Waals surface area contributed by atoms with Crippen LogP contribution in [0.4, 0.5) is 19.1 Å². The summed E-state index contributed by atoms with van der Waals surface area (Å²) in [6.45, 7) is 0.498. The summed E-state index contributed by atoms with van der Waals surface area (Å²) in [6, 6.07) is -0.0598. The second kappa shape index (κ2) is 6.48. The summed E-state index contributed by atoms with van der Waals surface area (Å²) in [5.41, 5.74) is -1.00. The molecule has 6 nitrogen and oxygen atoms in total. The molecular weight excluding hydrogens is 315 g/mol. The molecule has 0 spiro atoms. The van der Waals surface area contributed by atoms with Crippen molar-refractivity contribution in [3.05, 3.63) is 11.8 Å². The van der Waals surface area contributed by atoms with Gasteiger partial charge in [0.1, 0.15) is 11.7 Å². The molecule has 0 amide bonds. The van der Waals surface area contributed by atoms with Crippen molar-refractivity contribution in [1.29, 1.82) is 0 Å². The first-order chi connectivity index (χ1) is 10.9. The molecule has 128 valence electrons. The second-order valence-electron chi connectivity index (χ2n) is 5.85. The van der Waals surface area contributed by atoms with Gasteiger partial charge in [0, 0.05) is 12.2 Å². The topological polar surface area (TPSA) is 76.5 Å². The lowest BCUT2D eigenvalue weighted by Crippen LogP contribution is -2.39. The van der Waals surface area contributed by atoms with E-state index >= 15 is 0 Å². The van der Waals surface area contributed by atoms with Gasteiger partial charge in [0.15, 0.2) is 0 Å². The van der Waals surface area contributed by atoms with Gasteiger partial charge in [0.2, 0.25) is 11.8 Å². The molecule has 9 heteroatoms. The SMILES string of the molecule is OC1CCCC(Nc2ncc(C(F)(F)F)c(OC3COC3)n2)C1. The largest absolute Gasteiger partial charge is 0.469 e. The van der Waals surface area contributed by atoms with Gasteiger partial charge in [-0.25, -0.2) is 4.98 Å². The lowest BCUT2D eigenvalue weighted by atomic mass is 9.93. The van der Waals surface area contributed by atoms with Crippen LogP contribution < -0.4 is 10.1 Å². The molecule has 2 atom stereocenters. The molecule has 1 saturated heterocycles. The number of anilines is 1. The zero-order valence-electron chi connectivity index (χ0n) is 12.3. The predicted molar refractivity (Wildman–Crippen MR) is 74.2 cm³/mol. The minimum Gasteiger partial charge on any atom is -0.469 e. The van der Waals surface area contributed by atoms with Crippen LogP contribution in [-0.4, -0.2) is 46.5 Å². The van der Waals surface area contributed by atoms with Crippen LogP contribution in [0.25, 0.3) is 0 Å². The molecule has 2 fully saturated rings. The third kappa shape index (κ3) is 4.03. The first-order valence-electron chi connectivity index (χ1n) is 7.55. The van der Waals surface area contributed by atoms with Crippen molar-refractivity contribution in [2.45, 2.75) is 50.1 Å². The van der Waals surface area contributed by atoms with E-state index in [1.165, 1.54) is 0 Å². The quantitative estimate of drug-likeness (QED) is 0.878. The fraction of sp³-hybridized carbons (Fsp3) is 0.714. The molecule has 1 saturated carbocycles. The van der Waals surface area contributed by atoms with Gasteiger partial charge in [-0.3, -0.25) is 0 Å². The maximum atomic E-state index is 13.0. The predicted octanol–water partition coefficient (Wildman–Crippen LogP) is 1.99. The summed E-state index contributed by atoms with van der Waals surface area (Å²) in [5.74, 6) is -0.410. The monoisotopic (exact) mass is 333 g/mol. The van der Waals surface area contributed by atoms with Crippen molar-refractivity contribution >= 4 is 5.95 Å². The summed E-state index contributed by atoms with van der Waals surface area (Å²) in [7, 11) is 0.